The zero-order valence-corrected chi connectivity index (χ0v) is 13.7. The largest absolute Gasteiger partial charge is 0.325 e. The summed E-state index contributed by atoms with van der Waals surface area (Å²) in [6.45, 7) is 3.90. The highest BCUT2D eigenvalue weighted by molar-refractivity contribution is 9.10. The number of hydrogen-bond donors (Lipinski definition) is 1. The van der Waals surface area contributed by atoms with Crippen molar-refractivity contribution in [3.8, 4) is 0 Å². The van der Waals surface area contributed by atoms with Crippen LogP contribution in [0.25, 0.3) is 0 Å². The van der Waals surface area contributed by atoms with Crippen LogP contribution in [0, 0.1) is 13.8 Å². The molecular weight excluding hydrogens is 346 g/mol. The summed E-state index contributed by atoms with van der Waals surface area (Å²) in [5.41, 5.74) is 1.92. The summed E-state index contributed by atoms with van der Waals surface area (Å²) >= 11 is 6.33. The van der Waals surface area contributed by atoms with E-state index in [2.05, 4.69) is 31.4 Å². The lowest BCUT2D eigenvalue weighted by Crippen LogP contribution is -2.13. The van der Waals surface area contributed by atoms with Gasteiger partial charge in [0, 0.05) is 10.2 Å². The first-order valence-electron chi connectivity index (χ1n) is 5.53. The fourth-order valence-electron chi connectivity index (χ4n) is 1.33. The maximum Gasteiger partial charge on any atom is 0.234 e. The smallest absolute Gasteiger partial charge is 0.234 e. The molecule has 0 spiro atoms. The number of nitrogens with zero attached hydrogens (tertiary/aromatic N) is 2. The molecule has 0 unspecified atom stereocenters. The third-order valence-corrected chi connectivity index (χ3v) is 5.12. The second-order valence-electron chi connectivity index (χ2n) is 3.89. The Morgan fingerprint density at radius 2 is 2.21 bits per heavy atom. The van der Waals surface area contributed by atoms with Crippen LogP contribution in [0.3, 0.4) is 0 Å². The van der Waals surface area contributed by atoms with Gasteiger partial charge in [0.15, 0.2) is 4.34 Å². The van der Waals surface area contributed by atoms with Gasteiger partial charge in [-0.2, -0.15) is 0 Å². The van der Waals surface area contributed by atoms with Gasteiger partial charge in [0.2, 0.25) is 5.91 Å². The SMILES string of the molecule is Cc1nnc(SCC(=O)Nc2ccc(C)c(Br)c2)s1. The van der Waals surface area contributed by atoms with E-state index < -0.39 is 0 Å². The van der Waals surface area contributed by atoms with Crippen LogP contribution in [0.1, 0.15) is 10.6 Å². The fraction of sp³-hybridized carbons (Fsp3) is 0.250. The van der Waals surface area contributed by atoms with Crippen molar-refractivity contribution in [2.45, 2.75) is 18.2 Å². The molecule has 7 heteroatoms. The van der Waals surface area contributed by atoms with Gasteiger partial charge in [-0.25, -0.2) is 0 Å². The minimum Gasteiger partial charge on any atom is -0.325 e. The van der Waals surface area contributed by atoms with Gasteiger partial charge in [-0.3, -0.25) is 4.79 Å². The van der Waals surface area contributed by atoms with Gasteiger partial charge >= 0.3 is 0 Å². The monoisotopic (exact) mass is 357 g/mol. The highest BCUT2D eigenvalue weighted by Gasteiger charge is 2.07. The third-order valence-electron chi connectivity index (χ3n) is 2.29. The molecule has 0 aliphatic carbocycles. The van der Waals surface area contributed by atoms with Crippen LogP contribution < -0.4 is 5.32 Å². The standard InChI is InChI=1S/C12H12BrN3OS2/c1-7-3-4-9(5-10(7)13)14-11(17)6-18-12-16-15-8(2)19-12/h3-5H,6H2,1-2H3,(H,14,17). The molecule has 0 aliphatic heterocycles. The Kier molecular flexibility index (Phi) is 4.95. The number of thioether (sulfide) groups is 1. The van der Waals surface area contributed by atoms with E-state index in [0.29, 0.717) is 5.75 Å². The van der Waals surface area contributed by atoms with E-state index in [1.54, 1.807) is 0 Å². The highest BCUT2D eigenvalue weighted by atomic mass is 79.9. The number of rotatable bonds is 4. The molecule has 0 atom stereocenters. The summed E-state index contributed by atoms with van der Waals surface area (Å²) < 4.78 is 1.80. The topological polar surface area (TPSA) is 54.9 Å². The Morgan fingerprint density at radius 3 is 2.84 bits per heavy atom. The van der Waals surface area contributed by atoms with Crippen molar-refractivity contribution in [3.05, 3.63) is 33.2 Å². The second kappa shape index (κ2) is 6.49. The molecule has 2 rings (SSSR count). The normalized spacial score (nSPS) is 10.5. The van der Waals surface area contributed by atoms with Crippen LogP contribution >= 0.6 is 39.0 Å². The van der Waals surface area contributed by atoms with E-state index in [1.165, 1.54) is 23.1 Å². The number of carbonyl (C=O) groups is 1. The molecule has 0 saturated carbocycles. The summed E-state index contributed by atoms with van der Waals surface area (Å²) in [6.07, 6.45) is 0. The summed E-state index contributed by atoms with van der Waals surface area (Å²) in [6, 6.07) is 5.74. The van der Waals surface area contributed by atoms with Crippen molar-refractivity contribution in [3.63, 3.8) is 0 Å². The van der Waals surface area contributed by atoms with Gasteiger partial charge in [-0.1, -0.05) is 45.1 Å². The lowest BCUT2D eigenvalue weighted by atomic mass is 10.2. The van der Waals surface area contributed by atoms with E-state index in [9.17, 15) is 4.79 Å². The van der Waals surface area contributed by atoms with Gasteiger partial charge < -0.3 is 5.32 Å². The molecule has 1 amide bonds. The third kappa shape index (κ3) is 4.29. The number of halogens is 1. The van der Waals surface area contributed by atoms with Crippen molar-refractivity contribution in [1.82, 2.24) is 10.2 Å². The minimum atomic E-state index is -0.0476. The van der Waals surface area contributed by atoms with Crippen molar-refractivity contribution in [2.75, 3.05) is 11.1 Å². The Labute approximate surface area is 128 Å². The molecule has 2 aromatic rings. The van der Waals surface area contributed by atoms with Crippen molar-refractivity contribution in [1.29, 1.82) is 0 Å². The number of aryl methyl sites for hydroxylation is 2. The Balaban J connectivity index is 1.88. The molecule has 0 saturated heterocycles. The molecule has 19 heavy (non-hydrogen) atoms. The first-order valence-corrected chi connectivity index (χ1v) is 8.13. The molecule has 0 aliphatic rings. The fourth-order valence-corrected chi connectivity index (χ4v) is 3.33. The minimum absolute atomic E-state index is 0.0476. The number of carbonyl (C=O) groups excluding carboxylic acids is 1. The number of benzene rings is 1. The highest BCUT2D eigenvalue weighted by Crippen LogP contribution is 2.23. The maximum absolute atomic E-state index is 11.8. The first-order chi connectivity index (χ1) is 9.04. The van der Waals surface area contributed by atoms with Crippen LogP contribution in [0.15, 0.2) is 27.0 Å². The van der Waals surface area contributed by atoms with Crippen molar-refractivity contribution < 1.29 is 4.79 Å². The molecule has 0 fully saturated rings. The molecule has 1 heterocycles. The zero-order valence-electron chi connectivity index (χ0n) is 10.4. The molecule has 1 N–H and O–H groups in total. The van der Waals surface area contributed by atoms with Crippen LogP contribution in [0.2, 0.25) is 0 Å². The van der Waals surface area contributed by atoms with Crippen LogP contribution in [-0.4, -0.2) is 21.9 Å². The summed E-state index contributed by atoms with van der Waals surface area (Å²) in [4.78, 5) is 11.8. The summed E-state index contributed by atoms with van der Waals surface area (Å²) in [7, 11) is 0. The first kappa shape index (κ1) is 14.5. The van der Waals surface area contributed by atoms with Crippen LogP contribution in [0.5, 0.6) is 0 Å². The lowest BCUT2D eigenvalue weighted by Gasteiger charge is -2.06. The predicted octanol–water partition coefficient (Wildman–Crippen LogP) is 3.65. The Bertz CT molecular complexity index is 600. The Morgan fingerprint density at radius 1 is 1.42 bits per heavy atom. The van der Waals surface area contributed by atoms with E-state index in [1.807, 2.05) is 32.0 Å². The molecule has 4 nitrogen and oxygen atoms in total. The number of hydrogen-bond acceptors (Lipinski definition) is 5. The molecule has 1 aromatic heterocycles. The van der Waals surface area contributed by atoms with E-state index in [0.717, 1.165) is 25.1 Å². The average molecular weight is 358 g/mol. The van der Waals surface area contributed by atoms with E-state index in [-0.39, 0.29) is 5.91 Å². The van der Waals surface area contributed by atoms with Crippen molar-refractivity contribution >= 4 is 50.6 Å². The molecule has 1 aromatic carbocycles. The zero-order chi connectivity index (χ0) is 13.8. The maximum atomic E-state index is 11.8. The molecule has 100 valence electrons. The van der Waals surface area contributed by atoms with Gasteiger partial charge in [0.05, 0.1) is 5.75 Å². The van der Waals surface area contributed by atoms with Crippen LogP contribution in [0.4, 0.5) is 5.69 Å². The van der Waals surface area contributed by atoms with E-state index in [4.69, 9.17) is 0 Å². The molecule has 0 bridgehead atoms. The second-order valence-corrected chi connectivity index (χ2v) is 7.15. The van der Waals surface area contributed by atoms with Gasteiger partial charge in [-0.15, -0.1) is 10.2 Å². The van der Waals surface area contributed by atoms with Crippen LogP contribution in [-0.2, 0) is 4.79 Å². The average Bonchev–Trinajstić information content (AvgIpc) is 2.77. The molecular formula is C12H12BrN3OS2. The molecule has 0 radical (unpaired) electrons. The van der Waals surface area contributed by atoms with Gasteiger partial charge in [-0.05, 0) is 31.5 Å². The summed E-state index contributed by atoms with van der Waals surface area (Å²) in [5.74, 6) is 0.286. The number of amides is 1. The van der Waals surface area contributed by atoms with Gasteiger partial charge in [0.1, 0.15) is 5.01 Å². The summed E-state index contributed by atoms with van der Waals surface area (Å²) in [5, 5.41) is 11.6. The Hall–Kier alpha value is -0.920. The number of aromatic nitrogens is 2. The number of anilines is 1. The number of nitrogens with one attached hydrogen (secondary N) is 1. The predicted molar refractivity (Wildman–Crippen MR) is 82.9 cm³/mol. The van der Waals surface area contributed by atoms with Gasteiger partial charge in [0.25, 0.3) is 0 Å². The van der Waals surface area contributed by atoms with E-state index >= 15 is 0 Å². The quantitative estimate of drug-likeness (QED) is 0.848. The lowest BCUT2D eigenvalue weighted by molar-refractivity contribution is -0.113. The van der Waals surface area contributed by atoms with Crippen molar-refractivity contribution in [2.24, 2.45) is 0 Å².